The molecule has 2 saturated heterocycles. The Kier molecular flexibility index (Phi) is 3.37. The molecule has 1 aromatic carbocycles. The van der Waals surface area contributed by atoms with Crippen molar-refractivity contribution in [2.75, 3.05) is 39.4 Å². The molecule has 0 spiro atoms. The van der Waals surface area contributed by atoms with Crippen LogP contribution >= 0.6 is 0 Å². The molecule has 1 unspecified atom stereocenters. The maximum Gasteiger partial charge on any atom is 0.0600 e. The number of rotatable bonds is 3. The molecule has 3 rings (SSSR count). The van der Waals surface area contributed by atoms with E-state index in [-0.39, 0.29) is 5.41 Å². The van der Waals surface area contributed by atoms with Gasteiger partial charge in [0.1, 0.15) is 0 Å². The Morgan fingerprint density at radius 3 is 2.39 bits per heavy atom. The molecule has 2 heterocycles. The zero-order valence-corrected chi connectivity index (χ0v) is 11.1. The quantitative estimate of drug-likeness (QED) is 0.868. The molecule has 2 fully saturated rings. The maximum absolute atomic E-state index is 5.56. The van der Waals surface area contributed by atoms with Gasteiger partial charge in [0.15, 0.2) is 0 Å². The molecule has 2 aliphatic rings. The number of nitrogens with one attached hydrogen (secondary N) is 1. The van der Waals surface area contributed by atoms with E-state index in [1.165, 1.54) is 5.56 Å². The smallest absolute Gasteiger partial charge is 0.0600 e. The van der Waals surface area contributed by atoms with E-state index in [2.05, 4.69) is 47.5 Å². The van der Waals surface area contributed by atoms with E-state index >= 15 is 0 Å². The van der Waals surface area contributed by atoms with Crippen molar-refractivity contribution in [1.82, 2.24) is 10.2 Å². The highest BCUT2D eigenvalue weighted by atomic mass is 16.5. The van der Waals surface area contributed by atoms with Crippen LogP contribution in [0.25, 0.3) is 0 Å². The van der Waals surface area contributed by atoms with E-state index in [0.29, 0.717) is 6.04 Å². The Morgan fingerprint density at radius 2 is 1.83 bits per heavy atom. The lowest BCUT2D eigenvalue weighted by Gasteiger charge is -2.51. The molecule has 0 aliphatic carbocycles. The fraction of sp³-hybridized carbons (Fsp3) is 0.600. The molecular weight excluding hydrogens is 224 g/mol. The second-order valence-corrected chi connectivity index (χ2v) is 5.48. The van der Waals surface area contributed by atoms with E-state index in [0.717, 1.165) is 39.4 Å². The number of benzene rings is 1. The van der Waals surface area contributed by atoms with Crippen LogP contribution in [0.3, 0.4) is 0 Å². The van der Waals surface area contributed by atoms with Gasteiger partial charge in [-0.2, -0.15) is 0 Å². The maximum atomic E-state index is 5.56. The fourth-order valence-electron chi connectivity index (χ4n) is 3.16. The highest BCUT2D eigenvalue weighted by Crippen LogP contribution is 2.38. The van der Waals surface area contributed by atoms with Gasteiger partial charge in [0.05, 0.1) is 18.6 Å². The summed E-state index contributed by atoms with van der Waals surface area (Å²) in [4.78, 5) is 2.60. The standard InChI is InChI=1S/C15H22N2O/c1-13(17-9-7-16-8-10-17)15(11-18-12-15)14-5-3-2-4-6-14/h2-6,13,16H,7-12H2,1H3. The number of hydrogen-bond donors (Lipinski definition) is 1. The monoisotopic (exact) mass is 246 g/mol. The molecule has 1 N–H and O–H groups in total. The van der Waals surface area contributed by atoms with Crippen LogP contribution in [-0.2, 0) is 10.2 Å². The van der Waals surface area contributed by atoms with Gasteiger partial charge >= 0.3 is 0 Å². The van der Waals surface area contributed by atoms with Crippen molar-refractivity contribution in [3.8, 4) is 0 Å². The number of ether oxygens (including phenoxy) is 1. The Morgan fingerprint density at radius 1 is 1.17 bits per heavy atom. The summed E-state index contributed by atoms with van der Waals surface area (Å²) in [5.74, 6) is 0. The predicted octanol–water partition coefficient (Wildman–Crippen LogP) is 1.25. The zero-order chi connectivity index (χ0) is 12.4. The van der Waals surface area contributed by atoms with Gasteiger partial charge in [0.25, 0.3) is 0 Å². The first-order valence-corrected chi connectivity index (χ1v) is 6.91. The molecular formula is C15H22N2O. The van der Waals surface area contributed by atoms with E-state index in [1.54, 1.807) is 0 Å². The van der Waals surface area contributed by atoms with Gasteiger partial charge in [-0.3, -0.25) is 4.90 Å². The molecule has 1 atom stereocenters. The van der Waals surface area contributed by atoms with Gasteiger partial charge in [-0.15, -0.1) is 0 Å². The van der Waals surface area contributed by atoms with Crippen molar-refractivity contribution < 1.29 is 4.74 Å². The number of hydrogen-bond acceptors (Lipinski definition) is 3. The van der Waals surface area contributed by atoms with Crippen LogP contribution in [0.4, 0.5) is 0 Å². The molecule has 2 aliphatic heterocycles. The summed E-state index contributed by atoms with van der Waals surface area (Å²) >= 11 is 0. The molecule has 0 bridgehead atoms. The van der Waals surface area contributed by atoms with Gasteiger partial charge in [-0.1, -0.05) is 30.3 Å². The van der Waals surface area contributed by atoms with Crippen LogP contribution in [-0.4, -0.2) is 50.3 Å². The minimum atomic E-state index is 0.207. The summed E-state index contributed by atoms with van der Waals surface area (Å²) in [6.45, 7) is 8.60. The van der Waals surface area contributed by atoms with Crippen LogP contribution < -0.4 is 5.32 Å². The molecule has 0 amide bonds. The van der Waals surface area contributed by atoms with Crippen molar-refractivity contribution in [2.45, 2.75) is 18.4 Å². The lowest BCUT2D eigenvalue weighted by molar-refractivity contribution is -0.100. The first kappa shape index (κ1) is 12.2. The number of piperazine rings is 1. The summed E-state index contributed by atoms with van der Waals surface area (Å²) in [5, 5.41) is 3.42. The van der Waals surface area contributed by atoms with E-state index in [4.69, 9.17) is 4.74 Å². The fourth-order valence-corrected chi connectivity index (χ4v) is 3.16. The normalized spacial score (nSPS) is 25.4. The van der Waals surface area contributed by atoms with Crippen molar-refractivity contribution >= 4 is 0 Å². The average molecular weight is 246 g/mol. The molecule has 0 aromatic heterocycles. The highest BCUT2D eigenvalue weighted by molar-refractivity contribution is 5.30. The van der Waals surface area contributed by atoms with Gasteiger partial charge in [-0.05, 0) is 12.5 Å². The van der Waals surface area contributed by atoms with Gasteiger partial charge in [0, 0.05) is 32.2 Å². The topological polar surface area (TPSA) is 24.5 Å². The van der Waals surface area contributed by atoms with Crippen LogP contribution in [0.2, 0.25) is 0 Å². The molecule has 18 heavy (non-hydrogen) atoms. The van der Waals surface area contributed by atoms with Crippen LogP contribution in [0.15, 0.2) is 30.3 Å². The summed E-state index contributed by atoms with van der Waals surface area (Å²) in [6.07, 6.45) is 0. The van der Waals surface area contributed by atoms with Crippen LogP contribution in [0.5, 0.6) is 0 Å². The summed E-state index contributed by atoms with van der Waals surface area (Å²) < 4.78 is 5.56. The van der Waals surface area contributed by atoms with Crippen molar-refractivity contribution in [1.29, 1.82) is 0 Å². The second kappa shape index (κ2) is 5.00. The third kappa shape index (κ3) is 1.96. The third-order valence-corrected chi connectivity index (χ3v) is 4.57. The lowest BCUT2D eigenvalue weighted by atomic mass is 9.72. The van der Waals surface area contributed by atoms with Crippen molar-refractivity contribution in [3.63, 3.8) is 0 Å². The molecule has 98 valence electrons. The molecule has 3 heteroatoms. The average Bonchev–Trinajstić information content (AvgIpc) is 2.40. The Labute approximate surface area is 109 Å². The van der Waals surface area contributed by atoms with Gasteiger partial charge in [0.2, 0.25) is 0 Å². The lowest BCUT2D eigenvalue weighted by Crippen LogP contribution is -2.62. The predicted molar refractivity (Wildman–Crippen MR) is 72.8 cm³/mol. The first-order valence-electron chi connectivity index (χ1n) is 6.91. The van der Waals surface area contributed by atoms with Gasteiger partial charge < -0.3 is 10.1 Å². The van der Waals surface area contributed by atoms with Gasteiger partial charge in [-0.25, -0.2) is 0 Å². The summed E-state index contributed by atoms with van der Waals surface area (Å²) in [7, 11) is 0. The molecule has 3 nitrogen and oxygen atoms in total. The van der Waals surface area contributed by atoms with Crippen LogP contribution in [0.1, 0.15) is 12.5 Å². The zero-order valence-electron chi connectivity index (χ0n) is 11.1. The second-order valence-electron chi connectivity index (χ2n) is 5.48. The minimum absolute atomic E-state index is 0.207. The largest absolute Gasteiger partial charge is 0.379 e. The SMILES string of the molecule is CC(N1CCNCC1)C1(c2ccccc2)COC1. The molecule has 0 saturated carbocycles. The molecule has 1 aromatic rings. The summed E-state index contributed by atoms with van der Waals surface area (Å²) in [6, 6.07) is 11.4. The van der Waals surface area contributed by atoms with Crippen molar-refractivity contribution in [2.24, 2.45) is 0 Å². The molecule has 0 radical (unpaired) electrons. The van der Waals surface area contributed by atoms with E-state index < -0.39 is 0 Å². The third-order valence-electron chi connectivity index (χ3n) is 4.57. The highest BCUT2D eigenvalue weighted by Gasteiger charge is 2.47. The Bertz CT molecular complexity index is 383. The number of nitrogens with zero attached hydrogens (tertiary/aromatic N) is 1. The Hall–Kier alpha value is -0.900. The van der Waals surface area contributed by atoms with E-state index in [9.17, 15) is 0 Å². The van der Waals surface area contributed by atoms with Crippen LogP contribution in [0, 0.1) is 0 Å². The Balaban J connectivity index is 1.82. The minimum Gasteiger partial charge on any atom is -0.379 e. The van der Waals surface area contributed by atoms with Crippen molar-refractivity contribution in [3.05, 3.63) is 35.9 Å². The first-order chi connectivity index (χ1) is 8.83. The summed E-state index contributed by atoms with van der Waals surface area (Å²) in [5.41, 5.74) is 1.64. The van der Waals surface area contributed by atoms with E-state index in [1.807, 2.05) is 0 Å².